The summed E-state index contributed by atoms with van der Waals surface area (Å²) in [7, 11) is 0. The number of benzene rings is 1. The molecule has 0 bridgehead atoms. The lowest BCUT2D eigenvalue weighted by atomic mass is 10.0. The molecular weight excluding hydrogens is 745 g/mol. The summed E-state index contributed by atoms with van der Waals surface area (Å²) in [6.07, 6.45) is 62.6. The van der Waals surface area contributed by atoms with Crippen LogP contribution in [0.2, 0.25) is 0 Å². The third kappa shape index (κ3) is 46.9. The van der Waals surface area contributed by atoms with Crippen LogP contribution in [-0.2, 0) is 20.8 Å². The Morgan fingerprint density at radius 2 is 0.557 bits per heavy atom. The van der Waals surface area contributed by atoms with E-state index >= 15 is 0 Å². The summed E-state index contributed by atoms with van der Waals surface area (Å²) < 4.78 is 18.6. The maximum atomic E-state index is 6.33. The van der Waals surface area contributed by atoms with Crippen molar-refractivity contribution in [3.05, 3.63) is 35.9 Å². The highest BCUT2D eigenvalue weighted by Gasteiger charge is 2.11. The van der Waals surface area contributed by atoms with E-state index < -0.39 is 0 Å². The third-order valence-electron chi connectivity index (χ3n) is 13.2. The van der Waals surface area contributed by atoms with Crippen LogP contribution in [0.15, 0.2) is 30.3 Å². The van der Waals surface area contributed by atoms with Gasteiger partial charge < -0.3 is 14.2 Å². The van der Waals surface area contributed by atoms with E-state index in [1.165, 1.54) is 275 Å². The van der Waals surface area contributed by atoms with Gasteiger partial charge >= 0.3 is 0 Å². The average molecular weight is 856 g/mol. The Labute approximate surface area is 384 Å². The van der Waals surface area contributed by atoms with Crippen LogP contribution in [0.3, 0.4) is 0 Å². The van der Waals surface area contributed by atoms with E-state index in [0.29, 0.717) is 19.8 Å². The molecule has 0 aliphatic rings. The molecule has 0 saturated carbocycles. The van der Waals surface area contributed by atoms with Crippen LogP contribution in [0.4, 0.5) is 0 Å². The first-order chi connectivity index (χ1) is 30.4. The van der Waals surface area contributed by atoms with E-state index in [0.717, 1.165) is 26.1 Å². The summed E-state index contributed by atoms with van der Waals surface area (Å²) in [5.41, 5.74) is 1.22. The van der Waals surface area contributed by atoms with E-state index in [-0.39, 0.29) is 6.10 Å². The van der Waals surface area contributed by atoms with Gasteiger partial charge in [0.25, 0.3) is 0 Å². The molecule has 0 unspecified atom stereocenters. The molecule has 1 aromatic carbocycles. The fourth-order valence-electron chi connectivity index (χ4n) is 9.02. The van der Waals surface area contributed by atoms with Crippen molar-refractivity contribution in [2.45, 2.75) is 309 Å². The van der Waals surface area contributed by atoms with Gasteiger partial charge in [0.05, 0.1) is 19.8 Å². The molecule has 0 amide bonds. The Bertz CT molecular complexity index is 904. The highest BCUT2D eigenvalue weighted by atomic mass is 16.6. The van der Waals surface area contributed by atoms with Crippen LogP contribution in [0, 0.1) is 0 Å². The second kappa shape index (κ2) is 51.7. The fraction of sp³-hybridized carbons (Fsp3) is 0.897. The zero-order chi connectivity index (χ0) is 43.5. The summed E-state index contributed by atoms with van der Waals surface area (Å²) in [5.74, 6) is 0. The molecule has 0 spiro atoms. The molecule has 0 aliphatic heterocycles. The van der Waals surface area contributed by atoms with Crippen LogP contribution in [-0.4, -0.2) is 32.5 Å². The van der Waals surface area contributed by atoms with Crippen molar-refractivity contribution in [3.63, 3.8) is 0 Å². The minimum Gasteiger partial charge on any atom is -0.379 e. The Morgan fingerprint density at radius 3 is 0.869 bits per heavy atom. The summed E-state index contributed by atoms with van der Waals surface area (Å²) in [6.45, 7) is 8.17. The molecule has 0 aliphatic carbocycles. The Balaban J connectivity index is 1.93. The molecule has 1 rings (SSSR count). The lowest BCUT2D eigenvalue weighted by Crippen LogP contribution is -2.26. The second-order valence-electron chi connectivity index (χ2n) is 19.4. The summed E-state index contributed by atoms with van der Waals surface area (Å²) in [4.78, 5) is 0. The van der Waals surface area contributed by atoms with Crippen molar-refractivity contribution in [1.82, 2.24) is 0 Å². The number of hydrogen-bond acceptors (Lipinski definition) is 3. The molecule has 1 atom stereocenters. The topological polar surface area (TPSA) is 27.7 Å². The zero-order valence-corrected chi connectivity index (χ0v) is 41.8. The first-order valence-corrected chi connectivity index (χ1v) is 28.2. The molecule has 0 radical (unpaired) electrons. The predicted octanol–water partition coefficient (Wildman–Crippen LogP) is 19.8. The highest BCUT2D eigenvalue weighted by Crippen LogP contribution is 2.18. The van der Waals surface area contributed by atoms with Gasteiger partial charge in [-0.3, -0.25) is 0 Å². The molecule has 0 fully saturated rings. The van der Waals surface area contributed by atoms with Gasteiger partial charge in [0, 0.05) is 13.2 Å². The number of rotatable bonds is 53. The molecule has 3 heteroatoms. The standard InChI is InChI=1S/C58H110O3/c1-3-5-7-9-11-13-15-17-19-21-23-25-27-29-31-33-35-37-39-41-43-48-52-59-55-58(56-60-54-57-50-46-45-47-51-57)61-53-49-44-42-40-38-36-34-32-30-28-26-24-22-20-18-16-14-12-10-8-6-4-2/h45-47,50-51,58H,3-44,48-49,52-56H2,1-2H3/t58-/m1/s1. The zero-order valence-electron chi connectivity index (χ0n) is 41.8. The first kappa shape index (κ1) is 58.1. The van der Waals surface area contributed by atoms with E-state index in [9.17, 15) is 0 Å². The van der Waals surface area contributed by atoms with Gasteiger partial charge in [-0.25, -0.2) is 0 Å². The largest absolute Gasteiger partial charge is 0.379 e. The van der Waals surface area contributed by atoms with Crippen molar-refractivity contribution >= 4 is 0 Å². The van der Waals surface area contributed by atoms with Gasteiger partial charge in [-0.05, 0) is 18.4 Å². The molecule has 0 N–H and O–H groups in total. The Hall–Kier alpha value is -0.900. The first-order valence-electron chi connectivity index (χ1n) is 28.2. The van der Waals surface area contributed by atoms with Crippen molar-refractivity contribution in [1.29, 1.82) is 0 Å². The maximum Gasteiger partial charge on any atom is 0.104 e. The molecule has 0 aromatic heterocycles. The maximum absolute atomic E-state index is 6.33. The van der Waals surface area contributed by atoms with Crippen LogP contribution < -0.4 is 0 Å². The molecule has 0 saturated heterocycles. The molecule has 0 heterocycles. The smallest absolute Gasteiger partial charge is 0.104 e. The van der Waals surface area contributed by atoms with Gasteiger partial charge in [-0.2, -0.15) is 0 Å². The summed E-state index contributed by atoms with van der Waals surface area (Å²) >= 11 is 0. The summed E-state index contributed by atoms with van der Waals surface area (Å²) in [5, 5.41) is 0. The Kier molecular flexibility index (Phi) is 49.3. The van der Waals surface area contributed by atoms with Crippen molar-refractivity contribution in [2.24, 2.45) is 0 Å². The van der Waals surface area contributed by atoms with Gasteiger partial charge in [-0.1, -0.05) is 314 Å². The van der Waals surface area contributed by atoms with Crippen LogP contribution in [0.1, 0.15) is 302 Å². The monoisotopic (exact) mass is 855 g/mol. The van der Waals surface area contributed by atoms with E-state index in [1.54, 1.807) is 0 Å². The second-order valence-corrected chi connectivity index (χ2v) is 19.4. The lowest BCUT2D eigenvalue weighted by molar-refractivity contribution is -0.0645. The number of unbranched alkanes of at least 4 members (excludes halogenated alkanes) is 42. The normalized spacial score (nSPS) is 12.2. The predicted molar refractivity (Wildman–Crippen MR) is 271 cm³/mol. The Morgan fingerprint density at radius 1 is 0.295 bits per heavy atom. The van der Waals surface area contributed by atoms with Crippen molar-refractivity contribution in [3.8, 4) is 0 Å². The fourth-order valence-corrected chi connectivity index (χ4v) is 9.02. The van der Waals surface area contributed by atoms with Gasteiger partial charge in [0.1, 0.15) is 6.10 Å². The van der Waals surface area contributed by atoms with E-state index in [2.05, 4.69) is 44.2 Å². The van der Waals surface area contributed by atoms with Gasteiger partial charge in [-0.15, -0.1) is 0 Å². The van der Waals surface area contributed by atoms with Crippen LogP contribution >= 0.6 is 0 Å². The third-order valence-corrected chi connectivity index (χ3v) is 13.2. The van der Waals surface area contributed by atoms with Gasteiger partial charge in [0.2, 0.25) is 0 Å². The SMILES string of the molecule is CCCCCCCCCCCCCCCCCCCCCCCCOC[C@H](COCc1ccccc1)OCCCCCCCCCCCCCCCCCCCCCCCC. The number of ether oxygens (including phenoxy) is 3. The van der Waals surface area contributed by atoms with E-state index in [1.807, 2.05) is 0 Å². The molecule has 3 nitrogen and oxygen atoms in total. The molecular formula is C58H110O3. The van der Waals surface area contributed by atoms with Crippen LogP contribution in [0.5, 0.6) is 0 Å². The van der Waals surface area contributed by atoms with Crippen molar-refractivity contribution < 1.29 is 14.2 Å². The molecule has 1 aromatic rings. The van der Waals surface area contributed by atoms with E-state index in [4.69, 9.17) is 14.2 Å². The van der Waals surface area contributed by atoms with Crippen LogP contribution in [0.25, 0.3) is 0 Å². The molecule has 360 valence electrons. The minimum absolute atomic E-state index is 0.0262. The minimum atomic E-state index is 0.0262. The summed E-state index contributed by atoms with van der Waals surface area (Å²) in [6, 6.07) is 10.5. The average Bonchev–Trinajstić information content (AvgIpc) is 3.28. The lowest BCUT2D eigenvalue weighted by Gasteiger charge is -2.18. The highest BCUT2D eigenvalue weighted by molar-refractivity contribution is 5.13. The van der Waals surface area contributed by atoms with Gasteiger partial charge in [0.15, 0.2) is 0 Å². The quantitative estimate of drug-likeness (QED) is 0.0611. The molecule has 61 heavy (non-hydrogen) atoms. The van der Waals surface area contributed by atoms with Crippen molar-refractivity contribution in [2.75, 3.05) is 26.4 Å². The number of hydrogen-bond donors (Lipinski definition) is 0.